The average molecular weight is 368 g/mol. The summed E-state index contributed by atoms with van der Waals surface area (Å²) in [5.74, 6) is 2.89. The molecule has 1 fully saturated rings. The molecule has 2 aromatic rings. The summed E-state index contributed by atoms with van der Waals surface area (Å²) >= 11 is 5.78. The average Bonchev–Trinajstić information content (AvgIpc) is 2.91. The summed E-state index contributed by atoms with van der Waals surface area (Å²) in [5, 5.41) is 5.47. The fourth-order valence-electron chi connectivity index (χ4n) is 2.53. The van der Waals surface area contributed by atoms with Crippen molar-refractivity contribution in [3.8, 4) is 0 Å². The molecule has 0 spiro atoms. The number of anilines is 2. The molecule has 126 valence electrons. The maximum atomic E-state index is 13.3. The minimum Gasteiger partial charge on any atom is -0.292 e. The van der Waals surface area contributed by atoms with Crippen LogP contribution in [0.25, 0.3) is 0 Å². The molecule has 8 heteroatoms. The molecule has 1 heterocycles. The lowest BCUT2D eigenvalue weighted by atomic mass is 10.3. The Balaban J connectivity index is 1.84. The van der Waals surface area contributed by atoms with Crippen LogP contribution in [0.5, 0.6) is 0 Å². The quantitative estimate of drug-likeness (QED) is 0.848. The summed E-state index contributed by atoms with van der Waals surface area (Å²) < 4.78 is 25.0. The van der Waals surface area contributed by atoms with E-state index in [4.69, 9.17) is 16.7 Å². The predicted octanol–water partition coefficient (Wildman–Crippen LogP) is 2.87. The van der Waals surface area contributed by atoms with E-state index >= 15 is 0 Å². The fourth-order valence-corrected chi connectivity index (χ4v) is 3.30. The molecule has 0 bridgehead atoms. The van der Waals surface area contributed by atoms with Gasteiger partial charge in [-0.2, -0.15) is 0 Å². The number of nitrogens with zero attached hydrogens (tertiary/aromatic N) is 2. The highest BCUT2D eigenvalue weighted by atomic mass is 35.5. The summed E-state index contributed by atoms with van der Waals surface area (Å²) in [6, 6.07) is 10.5. The number of urea groups is 1. The number of carbonyl (C=O) groups excluding carboxylic acids is 1. The lowest BCUT2D eigenvalue weighted by Gasteiger charge is -2.19. The van der Waals surface area contributed by atoms with Gasteiger partial charge >= 0.3 is 6.03 Å². The van der Waals surface area contributed by atoms with Crippen LogP contribution >= 0.6 is 11.6 Å². The zero-order valence-corrected chi connectivity index (χ0v) is 14.2. The van der Waals surface area contributed by atoms with Gasteiger partial charge in [-0.1, -0.05) is 11.6 Å². The Labute approximate surface area is 144 Å². The van der Waals surface area contributed by atoms with E-state index in [1.807, 2.05) is 0 Å². The van der Waals surface area contributed by atoms with Crippen molar-refractivity contribution in [2.24, 2.45) is 5.14 Å². The molecule has 5 nitrogen and oxygen atoms in total. The summed E-state index contributed by atoms with van der Waals surface area (Å²) in [6.45, 7) is 0.918. The molecule has 0 saturated carbocycles. The van der Waals surface area contributed by atoms with Crippen LogP contribution in [0.1, 0.15) is 0 Å². The van der Waals surface area contributed by atoms with E-state index in [1.165, 1.54) is 23.1 Å². The molecule has 2 amide bonds. The van der Waals surface area contributed by atoms with Crippen LogP contribution in [0.2, 0.25) is 5.02 Å². The molecular weight excluding hydrogens is 353 g/mol. The molecule has 1 saturated heterocycles. The standard InChI is InChI=1S/C16H15ClFN3O2S/c1-24(19,23)13-5-2-11(3-6-13)20-8-9-21(16(20)22)12-4-7-15(18)14(17)10-12/h2-7,10H,1,8-9H2,(H2,19,23). The van der Waals surface area contributed by atoms with Gasteiger partial charge < -0.3 is 0 Å². The monoisotopic (exact) mass is 367 g/mol. The number of benzene rings is 2. The Morgan fingerprint density at radius 3 is 2.17 bits per heavy atom. The minimum absolute atomic E-state index is 0.0312. The van der Waals surface area contributed by atoms with Gasteiger partial charge in [-0.05, 0) is 48.3 Å². The molecule has 2 aromatic carbocycles. The highest BCUT2D eigenvalue weighted by molar-refractivity contribution is 7.98. The molecule has 24 heavy (non-hydrogen) atoms. The molecule has 3 rings (SSSR count). The third-order valence-electron chi connectivity index (χ3n) is 3.77. The summed E-state index contributed by atoms with van der Waals surface area (Å²) in [5.41, 5.74) is 1.19. The summed E-state index contributed by atoms with van der Waals surface area (Å²) in [6.07, 6.45) is 0. The number of rotatable bonds is 3. The van der Waals surface area contributed by atoms with Crippen molar-refractivity contribution >= 4 is 44.6 Å². The van der Waals surface area contributed by atoms with Crippen molar-refractivity contribution in [2.45, 2.75) is 4.90 Å². The Morgan fingerprint density at radius 1 is 1.08 bits per heavy atom. The number of amides is 2. The van der Waals surface area contributed by atoms with Gasteiger partial charge in [-0.3, -0.25) is 14.9 Å². The molecule has 0 aromatic heterocycles. The van der Waals surface area contributed by atoms with Gasteiger partial charge in [0.05, 0.1) is 14.7 Å². The van der Waals surface area contributed by atoms with Gasteiger partial charge in [-0.25, -0.2) is 13.4 Å². The van der Waals surface area contributed by atoms with E-state index in [0.29, 0.717) is 29.4 Å². The van der Waals surface area contributed by atoms with Crippen LogP contribution in [-0.4, -0.2) is 29.2 Å². The van der Waals surface area contributed by atoms with Crippen molar-refractivity contribution in [3.05, 3.63) is 53.3 Å². The number of halogens is 2. The van der Waals surface area contributed by atoms with Crippen molar-refractivity contribution < 1.29 is 13.4 Å². The molecule has 1 aliphatic rings. The zero-order chi connectivity index (χ0) is 17.5. The van der Waals surface area contributed by atoms with Crippen LogP contribution < -0.4 is 14.9 Å². The van der Waals surface area contributed by atoms with Gasteiger partial charge in [0.25, 0.3) is 0 Å². The van der Waals surface area contributed by atoms with Crippen LogP contribution in [0.3, 0.4) is 0 Å². The lowest BCUT2D eigenvalue weighted by molar-refractivity contribution is 0.256. The van der Waals surface area contributed by atoms with E-state index in [0.717, 1.165) is 0 Å². The van der Waals surface area contributed by atoms with Gasteiger partial charge in [-0.15, -0.1) is 0 Å². The minimum atomic E-state index is -2.78. The van der Waals surface area contributed by atoms with Crippen molar-refractivity contribution in [3.63, 3.8) is 0 Å². The van der Waals surface area contributed by atoms with E-state index in [9.17, 15) is 13.4 Å². The summed E-state index contributed by atoms with van der Waals surface area (Å²) in [7, 11) is -2.78. The second kappa shape index (κ2) is 6.08. The van der Waals surface area contributed by atoms with E-state index in [2.05, 4.69) is 5.87 Å². The topological polar surface area (TPSA) is 66.6 Å². The fraction of sp³-hybridized carbons (Fsp3) is 0.125. The molecular formula is C16H15ClFN3O2S. The first kappa shape index (κ1) is 16.8. The smallest absolute Gasteiger partial charge is 0.292 e. The second-order valence-corrected chi connectivity index (χ2v) is 7.74. The normalized spacial score (nSPS) is 17.2. The van der Waals surface area contributed by atoms with Crippen LogP contribution in [-0.2, 0) is 9.71 Å². The second-order valence-electron chi connectivity index (χ2n) is 5.40. The molecule has 0 aliphatic carbocycles. The van der Waals surface area contributed by atoms with Gasteiger partial charge in [0.2, 0.25) is 0 Å². The molecule has 1 aliphatic heterocycles. The number of carbonyl (C=O) groups is 1. The number of hydrogen-bond donors (Lipinski definition) is 1. The number of hydrogen-bond acceptors (Lipinski definition) is 2. The first-order chi connectivity index (χ1) is 11.3. The first-order valence-electron chi connectivity index (χ1n) is 7.06. The summed E-state index contributed by atoms with van der Waals surface area (Å²) in [4.78, 5) is 16.1. The predicted molar refractivity (Wildman–Crippen MR) is 95.7 cm³/mol. The zero-order valence-electron chi connectivity index (χ0n) is 12.6. The molecule has 1 atom stereocenters. The van der Waals surface area contributed by atoms with Crippen molar-refractivity contribution in [1.82, 2.24) is 0 Å². The molecule has 2 N–H and O–H groups in total. The van der Waals surface area contributed by atoms with Crippen LogP contribution in [0.15, 0.2) is 47.4 Å². The van der Waals surface area contributed by atoms with E-state index < -0.39 is 15.5 Å². The van der Waals surface area contributed by atoms with Crippen LogP contribution in [0, 0.1) is 5.82 Å². The van der Waals surface area contributed by atoms with Gasteiger partial charge in [0.15, 0.2) is 0 Å². The Hall–Kier alpha value is -2.09. The maximum Gasteiger partial charge on any atom is 0.329 e. The highest BCUT2D eigenvalue weighted by Gasteiger charge is 2.31. The van der Waals surface area contributed by atoms with Crippen molar-refractivity contribution in [2.75, 3.05) is 22.9 Å². The highest BCUT2D eigenvalue weighted by Crippen LogP contribution is 2.28. The Bertz CT molecular complexity index is 900. The first-order valence-corrected chi connectivity index (χ1v) is 9.23. The van der Waals surface area contributed by atoms with Crippen molar-refractivity contribution in [1.29, 1.82) is 0 Å². The third-order valence-corrected chi connectivity index (χ3v) is 5.13. The Morgan fingerprint density at radius 2 is 1.62 bits per heavy atom. The maximum absolute atomic E-state index is 13.3. The Kier molecular flexibility index (Phi) is 4.25. The van der Waals surface area contributed by atoms with Gasteiger partial charge in [0, 0.05) is 29.4 Å². The number of nitrogens with two attached hydrogens (primary N) is 1. The van der Waals surface area contributed by atoms with Crippen LogP contribution in [0.4, 0.5) is 20.6 Å². The largest absolute Gasteiger partial charge is 0.329 e. The van der Waals surface area contributed by atoms with E-state index in [1.54, 1.807) is 29.2 Å². The SMILES string of the molecule is C=S(N)(=O)c1ccc(N2CCN(c3ccc(F)c(Cl)c3)C2=O)cc1. The van der Waals surface area contributed by atoms with Gasteiger partial charge in [0.1, 0.15) is 5.82 Å². The lowest BCUT2D eigenvalue weighted by Crippen LogP contribution is -2.31. The third kappa shape index (κ3) is 3.10. The molecule has 0 radical (unpaired) electrons. The van der Waals surface area contributed by atoms with E-state index in [-0.39, 0.29) is 11.1 Å². The molecule has 1 unspecified atom stereocenters.